The lowest BCUT2D eigenvalue weighted by atomic mass is 10.3. The SMILES string of the molecule is CCNC(=NCCSc1ccc(F)cc1)N(C)Cc1cnn(C)c1.I. The molecule has 8 heteroatoms. The molecule has 0 aliphatic rings. The van der Waals surface area contributed by atoms with Crippen LogP contribution in [0.15, 0.2) is 46.5 Å². The number of nitrogens with one attached hydrogen (secondary N) is 1. The molecule has 0 bridgehead atoms. The van der Waals surface area contributed by atoms with Crippen molar-refractivity contribution in [2.24, 2.45) is 12.0 Å². The van der Waals surface area contributed by atoms with Crippen molar-refractivity contribution in [2.45, 2.75) is 18.4 Å². The zero-order valence-corrected chi connectivity index (χ0v) is 17.9. The molecule has 0 saturated carbocycles. The average Bonchev–Trinajstić information content (AvgIpc) is 2.97. The van der Waals surface area contributed by atoms with Crippen molar-refractivity contribution < 1.29 is 4.39 Å². The van der Waals surface area contributed by atoms with Crippen LogP contribution in [-0.2, 0) is 13.6 Å². The Bertz CT molecular complexity index is 659. The minimum atomic E-state index is -0.205. The molecule has 1 aromatic carbocycles. The molecule has 5 nitrogen and oxygen atoms in total. The number of aromatic nitrogens is 2. The third-order valence-electron chi connectivity index (χ3n) is 3.31. The predicted octanol–water partition coefficient (Wildman–Crippen LogP) is 3.37. The van der Waals surface area contributed by atoms with E-state index < -0.39 is 0 Å². The molecule has 2 rings (SSSR count). The van der Waals surface area contributed by atoms with Gasteiger partial charge in [-0.25, -0.2) is 4.39 Å². The molecular formula is C17H25FIN5S. The van der Waals surface area contributed by atoms with E-state index in [1.807, 2.05) is 26.5 Å². The van der Waals surface area contributed by atoms with Gasteiger partial charge in [0.05, 0.1) is 12.7 Å². The third kappa shape index (κ3) is 7.64. The molecule has 1 aromatic heterocycles. The quantitative estimate of drug-likeness (QED) is 0.219. The summed E-state index contributed by atoms with van der Waals surface area (Å²) in [4.78, 5) is 7.80. The molecule has 0 atom stereocenters. The van der Waals surface area contributed by atoms with Gasteiger partial charge >= 0.3 is 0 Å². The van der Waals surface area contributed by atoms with Crippen LogP contribution in [0.3, 0.4) is 0 Å². The van der Waals surface area contributed by atoms with Gasteiger partial charge in [0.2, 0.25) is 0 Å². The number of thioether (sulfide) groups is 1. The number of hydrogen-bond acceptors (Lipinski definition) is 3. The van der Waals surface area contributed by atoms with E-state index in [-0.39, 0.29) is 29.8 Å². The van der Waals surface area contributed by atoms with Gasteiger partial charge in [-0.1, -0.05) is 0 Å². The Balaban J connectivity index is 0.00000312. The van der Waals surface area contributed by atoms with Gasteiger partial charge < -0.3 is 10.2 Å². The van der Waals surface area contributed by atoms with E-state index in [2.05, 4.69) is 27.2 Å². The van der Waals surface area contributed by atoms with Crippen LogP contribution in [0.4, 0.5) is 4.39 Å². The first-order valence-electron chi connectivity index (χ1n) is 7.94. The fraction of sp³-hybridized carbons (Fsp3) is 0.412. The van der Waals surface area contributed by atoms with Crippen LogP contribution in [0, 0.1) is 5.82 Å². The van der Waals surface area contributed by atoms with Gasteiger partial charge in [-0.2, -0.15) is 5.10 Å². The molecule has 0 aliphatic carbocycles. The molecule has 0 spiro atoms. The highest BCUT2D eigenvalue weighted by atomic mass is 127. The molecule has 0 fully saturated rings. The Morgan fingerprint density at radius 1 is 1.36 bits per heavy atom. The van der Waals surface area contributed by atoms with Crippen molar-refractivity contribution >= 4 is 41.7 Å². The van der Waals surface area contributed by atoms with Crippen LogP contribution >= 0.6 is 35.7 Å². The second-order valence-electron chi connectivity index (χ2n) is 5.42. The Labute approximate surface area is 170 Å². The van der Waals surface area contributed by atoms with Crippen LogP contribution in [0.1, 0.15) is 12.5 Å². The maximum Gasteiger partial charge on any atom is 0.193 e. The molecule has 0 aliphatic heterocycles. The molecule has 0 radical (unpaired) electrons. The van der Waals surface area contributed by atoms with E-state index in [4.69, 9.17) is 0 Å². The van der Waals surface area contributed by atoms with Gasteiger partial charge in [0.1, 0.15) is 5.82 Å². The highest BCUT2D eigenvalue weighted by molar-refractivity contribution is 14.0. The summed E-state index contributed by atoms with van der Waals surface area (Å²) < 4.78 is 14.7. The summed E-state index contributed by atoms with van der Waals surface area (Å²) in [5.74, 6) is 1.52. The fourth-order valence-electron chi connectivity index (χ4n) is 2.22. The second-order valence-corrected chi connectivity index (χ2v) is 6.58. The van der Waals surface area contributed by atoms with Crippen LogP contribution in [0.5, 0.6) is 0 Å². The van der Waals surface area contributed by atoms with Gasteiger partial charge in [0, 0.05) is 49.6 Å². The maximum absolute atomic E-state index is 12.9. The summed E-state index contributed by atoms with van der Waals surface area (Å²) in [6.07, 6.45) is 3.87. The highest BCUT2D eigenvalue weighted by Crippen LogP contribution is 2.17. The number of aliphatic imine (C=N–C) groups is 1. The van der Waals surface area contributed by atoms with Crippen molar-refractivity contribution in [1.82, 2.24) is 20.0 Å². The Hall–Kier alpha value is -1.29. The number of rotatable bonds is 7. The number of hydrogen-bond donors (Lipinski definition) is 1. The largest absolute Gasteiger partial charge is 0.357 e. The lowest BCUT2D eigenvalue weighted by molar-refractivity contribution is 0.477. The van der Waals surface area contributed by atoms with E-state index >= 15 is 0 Å². The van der Waals surface area contributed by atoms with Gasteiger partial charge in [-0.3, -0.25) is 9.67 Å². The minimum Gasteiger partial charge on any atom is -0.357 e. The molecule has 0 amide bonds. The lowest BCUT2D eigenvalue weighted by Gasteiger charge is -2.21. The monoisotopic (exact) mass is 477 g/mol. The van der Waals surface area contributed by atoms with Crippen molar-refractivity contribution in [3.63, 3.8) is 0 Å². The zero-order valence-electron chi connectivity index (χ0n) is 14.8. The molecular weight excluding hydrogens is 452 g/mol. The van der Waals surface area contributed by atoms with Crippen LogP contribution in [0.25, 0.3) is 0 Å². The number of guanidine groups is 1. The van der Waals surface area contributed by atoms with E-state index in [1.54, 1.807) is 28.6 Å². The van der Waals surface area contributed by atoms with E-state index in [0.29, 0.717) is 6.54 Å². The number of benzene rings is 1. The Kier molecular flexibility index (Phi) is 9.88. The Morgan fingerprint density at radius 2 is 2.08 bits per heavy atom. The van der Waals surface area contributed by atoms with Gasteiger partial charge in [0.15, 0.2) is 5.96 Å². The van der Waals surface area contributed by atoms with Gasteiger partial charge in [-0.05, 0) is 31.2 Å². The van der Waals surface area contributed by atoms with E-state index in [1.165, 1.54) is 12.1 Å². The minimum absolute atomic E-state index is 0. The standard InChI is InChI=1S/C17H24FN5S.HI/c1-4-19-17(22(2)12-14-11-21-23(3)13-14)20-9-10-24-16-7-5-15(18)6-8-16;/h5-8,11,13H,4,9-10,12H2,1-3H3,(H,19,20);1H. The summed E-state index contributed by atoms with van der Waals surface area (Å²) in [6.45, 7) is 4.33. The topological polar surface area (TPSA) is 45.5 Å². The second kappa shape index (κ2) is 11.3. The van der Waals surface area contributed by atoms with Crippen molar-refractivity contribution in [1.29, 1.82) is 0 Å². The maximum atomic E-state index is 12.9. The van der Waals surface area contributed by atoms with Crippen LogP contribution < -0.4 is 5.32 Å². The van der Waals surface area contributed by atoms with Crippen LogP contribution in [-0.4, -0.2) is 46.5 Å². The average molecular weight is 477 g/mol. The number of aryl methyl sites for hydroxylation is 1. The molecule has 1 heterocycles. The fourth-order valence-corrected chi connectivity index (χ4v) is 2.96. The van der Waals surface area contributed by atoms with Gasteiger partial charge in [0.25, 0.3) is 0 Å². The summed E-state index contributed by atoms with van der Waals surface area (Å²) in [6, 6.07) is 6.56. The van der Waals surface area contributed by atoms with Crippen molar-refractivity contribution in [2.75, 3.05) is 25.9 Å². The molecule has 138 valence electrons. The van der Waals surface area contributed by atoms with E-state index in [9.17, 15) is 4.39 Å². The Morgan fingerprint density at radius 3 is 2.68 bits per heavy atom. The van der Waals surface area contributed by atoms with Crippen molar-refractivity contribution in [3.05, 3.63) is 48.0 Å². The molecule has 1 N–H and O–H groups in total. The summed E-state index contributed by atoms with van der Waals surface area (Å²) >= 11 is 1.67. The van der Waals surface area contributed by atoms with E-state index in [0.717, 1.165) is 35.3 Å². The summed E-state index contributed by atoms with van der Waals surface area (Å²) in [5.41, 5.74) is 1.14. The molecule has 0 unspecified atom stereocenters. The smallest absolute Gasteiger partial charge is 0.193 e. The summed E-state index contributed by atoms with van der Waals surface area (Å²) in [7, 11) is 3.93. The number of nitrogens with zero attached hydrogens (tertiary/aromatic N) is 4. The first-order valence-corrected chi connectivity index (χ1v) is 8.92. The molecule has 2 aromatic rings. The van der Waals surface area contributed by atoms with Crippen molar-refractivity contribution in [3.8, 4) is 0 Å². The highest BCUT2D eigenvalue weighted by Gasteiger charge is 2.07. The summed E-state index contributed by atoms with van der Waals surface area (Å²) in [5, 5.41) is 7.50. The molecule has 25 heavy (non-hydrogen) atoms. The lowest BCUT2D eigenvalue weighted by Crippen LogP contribution is -2.38. The molecule has 0 saturated heterocycles. The first kappa shape index (κ1) is 21.8. The third-order valence-corrected chi connectivity index (χ3v) is 4.30. The first-order chi connectivity index (χ1) is 11.6. The van der Waals surface area contributed by atoms with Crippen LogP contribution in [0.2, 0.25) is 0 Å². The van der Waals surface area contributed by atoms with Gasteiger partial charge in [-0.15, -0.1) is 35.7 Å². The normalized spacial score (nSPS) is 11.1. The zero-order chi connectivity index (χ0) is 17.4. The predicted molar refractivity (Wildman–Crippen MR) is 113 cm³/mol. The number of halogens is 2.